The van der Waals surface area contributed by atoms with Crippen molar-refractivity contribution >= 4 is 23.1 Å². The van der Waals surface area contributed by atoms with E-state index in [4.69, 9.17) is 11.5 Å². The van der Waals surface area contributed by atoms with Crippen molar-refractivity contribution in [2.75, 3.05) is 30.3 Å². The van der Waals surface area contributed by atoms with Gasteiger partial charge in [0.05, 0.1) is 11.3 Å². The molecular formula is C21H31N7O. The number of fused-ring (bicyclic) bond motifs is 6. The van der Waals surface area contributed by atoms with Crippen LogP contribution in [0.5, 0.6) is 0 Å². The highest BCUT2D eigenvalue weighted by Crippen LogP contribution is 2.30. The number of carbonyl (C=O) groups is 1. The molecule has 2 unspecified atom stereocenters. The summed E-state index contributed by atoms with van der Waals surface area (Å²) in [7, 11) is 0. The van der Waals surface area contributed by atoms with Crippen molar-refractivity contribution in [3.63, 3.8) is 0 Å². The average Bonchev–Trinajstić information content (AvgIpc) is 2.66. The van der Waals surface area contributed by atoms with Gasteiger partial charge < -0.3 is 27.0 Å². The molecule has 4 bridgehead atoms. The van der Waals surface area contributed by atoms with Gasteiger partial charge in [-0.25, -0.2) is 4.99 Å². The van der Waals surface area contributed by atoms with Crippen LogP contribution in [0.4, 0.5) is 11.4 Å². The van der Waals surface area contributed by atoms with Gasteiger partial charge in [0.1, 0.15) is 11.7 Å². The van der Waals surface area contributed by atoms with Crippen molar-refractivity contribution < 1.29 is 4.79 Å². The molecule has 0 aromatic heterocycles. The van der Waals surface area contributed by atoms with Crippen LogP contribution in [0.1, 0.15) is 49.4 Å². The van der Waals surface area contributed by atoms with E-state index < -0.39 is 5.79 Å². The number of rotatable bonds is 0. The van der Waals surface area contributed by atoms with Crippen molar-refractivity contribution in [2.24, 2.45) is 16.6 Å². The lowest BCUT2D eigenvalue weighted by atomic mass is 9.92. The first-order valence-corrected chi connectivity index (χ1v) is 10.5. The Morgan fingerprint density at radius 2 is 2.03 bits per heavy atom. The summed E-state index contributed by atoms with van der Waals surface area (Å²) < 4.78 is 0. The van der Waals surface area contributed by atoms with Crippen LogP contribution < -0.4 is 32.3 Å². The van der Waals surface area contributed by atoms with Crippen molar-refractivity contribution in [2.45, 2.75) is 44.8 Å². The number of amides is 1. The maximum Gasteiger partial charge on any atom is 0.258 e. The smallest absolute Gasteiger partial charge is 0.258 e. The normalized spacial score (nSPS) is 28.0. The van der Waals surface area contributed by atoms with Crippen LogP contribution in [0.3, 0.4) is 0 Å². The van der Waals surface area contributed by atoms with Crippen molar-refractivity contribution in [3.05, 3.63) is 35.7 Å². The van der Waals surface area contributed by atoms with Crippen LogP contribution in [0, 0.1) is 5.92 Å². The van der Waals surface area contributed by atoms with Gasteiger partial charge in [-0.2, -0.15) is 0 Å². The third-order valence-electron chi connectivity index (χ3n) is 5.91. The van der Waals surface area contributed by atoms with Gasteiger partial charge in [-0.15, -0.1) is 0 Å². The van der Waals surface area contributed by atoms with Gasteiger partial charge in [0.15, 0.2) is 5.79 Å². The van der Waals surface area contributed by atoms with E-state index in [0.717, 1.165) is 44.6 Å². The van der Waals surface area contributed by atoms with Gasteiger partial charge in [0, 0.05) is 24.9 Å². The van der Waals surface area contributed by atoms with Crippen LogP contribution in [-0.4, -0.2) is 37.2 Å². The SMILES string of the molecule is CC12N=C(N)C=C(NC(=O)c3ccc(N)cc3N3CCCC(CCCCN1)C3)N2. The zero-order valence-corrected chi connectivity index (χ0v) is 17.0. The minimum Gasteiger partial charge on any atom is -0.399 e. The predicted octanol–water partition coefficient (Wildman–Crippen LogP) is 1.46. The molecule has 8 heteroatoms. The maximum absolute atomic E-state index is 13.2. The summed E-state index contributed by atoms with van der Waals surface area (Å²) in [5.41, 5.74) is 14.3. The number of nitrogens with one attached hydrogen (secondary N) is 3. The van der Waals surface area contributed by atoms with E-state index in [1.54, 1.807) is 18.2 Å². The Hall–Kier alpha value is -2.74. The fraction of sp³-hybridized carbons (Fsp3) is 0.524. The monoisotopic (exact) mass is 397 g/mol. The van der Waals surface area contributed by atoms with Gasteiger partial charge in [0.25, 0.3) is 5.91 Å². The molecule has 3 aliphatic rings. The van der Waals surface area contributed by atoms with E-state index in [-0.39, 0.29) is 5.91 Å². The second-order valence-corrected chi connectivity index (χ2v) is 8.40. The molecule has 29 heavy (non-hydrogen) atoms. The van der Waals surface area contributed by atoms with E-state index in [1.165, 1.54) is 12.8 Å². The number of nitrogens with two attached hydrogens (primary N) is 2. The molecule has 1 aromatic carbocycles. The Morgan fingerprint density at radius 3 is 2.90 bits per heavy atom. The van der Waals surface area contributed by atoms with E-state index in [0.29, 0.717) is 28.8 Å². The standard InChI is InChI=1S/C21H31N7O/c1-21-24-9-3-2-5-14-6-4-10-28(13-14)17-11-15(22)7-8-16(17)20(29)25-19(27-21)12-18(23)26-21/h7-8,11-12,14,24,27H,2-6,9-10,13,22H2,1H3,(H2,23,26)(H,25,29). The number of piperidine rings is 1. The number of aliphatic imine (C=N–C) groups is 1. The molecule has 4 rings (SSSR count). The molecule has 1 saturated heterocycles. The molecule has 0 saturated carbocycles. The van der Waals surface area contributed by atoms with Crippen molar-refractivity contribution in [1.29, 1.82) is 0 Å². The Balaban J connectivity index is 1.68. The molecule has 7 N–H and O–H groups in total. The lowest BCUT2D eigenvalue weighted by Crippen LogP contribution is -2.58. The fourth-order valence-electron chi connectivity index (χ4n) is 4.52. The third kappa shape index (κ3) is 4.48. The van der Waals surface area contributed by atoms with E-state index in [9.17, 15) is 4.79 Å². The number of benzene rings is 1. The summed E-state index contributed by atoms with van der Waals surface area (Å²) in [6, 6.07) is 5.50. The summed E-state index contributed by atoms with van der Waals surface area (Å²) >= 11 is 0. The van der Waals surface area contributed by atoms with E-state index >= 15 is 0 Å². The van der Waals surface area contributed by atoms with Gasteiger partial charge in [-0.3, -0.25) is 10.1 Å². The van der Waals surface area contributed by atoms with E-state index in [1.807, 2.05) is 13.0 Å². The average molecular weight is 398 g/mol. The molecule has 0 spiro atoms. The quantitative estimate of drug-likeness (QED) is 0.423. The summed E-state index contributed by atoms with van der Waals surface area (Å²) in [5, 5.41) is 9.65. The van der Waals surface area contributed by atoms with Crippen molar-refractivity contribution in [3.8, 4) is 0 Å². The first-order valence-electron chi connectivity index (χ1n) is 10.5. The molecule has 2 atom stereocenters. The number of amidine groups is 1. The third-order valence-corrected chi connectivity index (χ3v) is 5.91. The Labute approximate surface area is 171 Å². The first-order chi connectivity index (χ1) is 13.9. The van der Waals surface area contributed by atoms with Crippen molar-refractivity contribution in [1.82, 2.24) is 16.0 Å². The summed E-state index contributed by atoms with van der Waals surface area (Å²) in [6.07, 6.45) is 7.42. The highest BCUT2D eigenvalue weighted by molar-refractivity contribution is 6.02. The molecule has 1 fully saturated rings. The maximum atomic E-state index is 13.2. The molecular weight excluding hydrogens is 366 g/mol. The summed E-state index contributed by atoms with van der Waals surface area (Å²) in [4.78, 5) is 20.0. The molecule has 1 aromatic rings. The molecule has 0 radical (unpaired) electrons. The minimum atomic E-state index is -0.745. The zero-order valence-electron chi connectivity index (χ0n) is 17.0. The molecule has 3 heterocycles. The molecule has 8 nitrogen and oxygen atoms in total. The number of hydrogen-bond donors (Lipinski definition) is 5. The fourth-order valence-corrected chi connectivity index (χ4v) is 4.52. The zero-order chi connectivity index (χ0) is 20.4. The second kappa shape index (κ2) is 7.94. The van der Waals surface area contributed by atoms with Gasteiger partial charge in [0.2, 0.25) is 0 Å². The Kier molecular flexibility index (Phi) is 5.36. The number of anilines is 2. The van der Waals surface area contributed by atoms with Gasteiger partial charge in [-0.1, -0.05) is 6.42 Å². The molecule has 1 amide bonds. The van der Waals surface area contributed by atoms with Crippen LogP contribution in [-0.2, 0) is 0 Å². The lowest BCUT2D eigenvalue weighted by Gasteiger charge is -2.35. The number of nitrogen functional groups attached to an aromatic ring is 1. The van der Waals surface area contributed by atoms with Crippen LogP contribution in [0.25, 0.3) is 0 Å². The highest BCUT2D eigenvalue weighted by Gasteiger charge is 2.29. The molecule has 156 valence electrons. The summed E-state index contributed by atoms with van der Waals surface area (Å²) in [6.45, 7) is 4.66. The highest BCUT2D eigenvalue weighted by atomic mass is 16.1. The Morgan fingerprint density at radius 1 is 1.21 bits per heavy atom. The Bertz CT molecular complexity index is 849. The van der Waals surface area contributed by atoms with Crippen LogP contribution >= 0.6 is 0 Å². The largest absolute Gasteiger partial charge is 0.399 e. The molecule has 0 aliphatic carbocycles. The second-order valence-electron chi connectivity index (χ2n) is 8.40. The van der Waals surface area contributed by atoms with Gasteiger partial charge in [-0.05, 0) is 63.3 Å². The van der Waals surface area contributed by atoms with Crippen LogP contribution in [0.15, 0.2) is 35.1 Å². The first kappa shape index (κ1) is 19.6. The molecule has 3 aliphatic heterocycles. The number of carbonyl (C=O) groups excluding carboxylic acids is 1. The summed E-state index contributed by atoms with van der Waals surface area (Å²) in [5.74, 6) is 0.607. The van der Waals surface area contributed by atoms with Crippen LogP contribution in [0.2, 0.25) is 0 Å². The van der Waals surface area contributed by atoms with E-state index in [2.05, 4.69) is 25.8 Å². The number of hydrogen-bond acceptors (Lipinski definition) is 7. The number of nitrogens with zero attached hydrogens (tertiary/aromatic N) is 2. The predicted molar refractivity (Wildman–Crippen MR) is 116 cm³/mol. The minimum absolute atomic E-state index is 0.187. The lowest BCUT2D eigenvalue weighted by molar-refractivity contribution is 0.0960. The van der Waals surface area contributed by atoms with Gasteiger partial charge >= 0.3 is 0 Å². The topological polar surface area (TPSA) is 121 Å².